The molecular weight excluding hydrogens is 284 g/mol. The summed E-state index contributed by atoms with van der Waals surface area (Å²) < 4.78 is 1.69. The molecule has 0 spiro atoms. The molecule has 110 valence electrons. The van der Waals surface area contributed by atoms with Crippen LogP contribution in [0, 0.1) is 0 Å². The van der Waals surface area contributed by atoms with Gasteiger partial charge in [-0.05, 0) is 24.3 Å². The molecule has 2 N–H and O–H groups in total. The first-order chi connectivity index (χ1) is 10.6. The maximum Gasteiger partial charge on any atom is 0.343 e. The second kappa shape index (κ2) is 5.25. The summed E-state index contributed by atoms with van der Waals surface area (Å²) in [5.74, 6) is -1.67. The van der Waals surface area contributed by atoms with Crippen LogP contribution in [-0.2, 0) is 0 Å². The highest BCUT2D eigenvalue weighted by atomic mass is 16.3. The molecule has 0 aliphatic carbocycles. The van der Waals surface area contributed by atoms with Crippen molar-refractivity contribution in [1.82, 2.24) is 9.13 Å². The number of rotatable bonds is 2. The third-order valence-corrected chi connectivity index (χ3v) is 3.24. The summed E-state index contributed by atoms with van der Waals surface area (Å²) in [5, 5.41) is 19.9. The van der Waals surface area contributed by atoms with Crippen LogP contribution in [0.3, 0.4) is 0 Å². The van der Waals surface area contributed by atoms with E-state index in [1.54, 1.807) is 60.7 Å². The fourth-order valence-electron chi connectivity index (χ4n) is 2.20. The van der Waals surface area contributed by atoms with E-state index in [9.17, 15) is 19.8 Å². The molecule has 22 heavy (non-hydrogen) atoms. The first-order valence-electron chi connectivity index (χ1n) is 6.52. The van der Waals surface area contributed by atoms with E-state index in [0.29, 0.717) is 11.4 Å². The molecular formula is C16H12N2O4. The van der Waals surface area contributed by atoms with Crippen molar-refractivity contribution in [3.05, 3.63) is 81.5 Å². The summed E-state index contributed by atoms with van der Waals surface area (Å²) in [6.07, 6.45) is 0. The lowest BCUT2D eigenvalue weighted by Crippen LogP contribution is -2.37. The zero-order valence-electron chi connectivity index (χ0n) is 11.4. The average Bonchev–Trinajstić information content (AvgIpc) is 2.55. The summed E-state index contributed by atoms with van der Waals surface area (Å²) in [4.78, 5) is 24.8. The Hall–Kier alpha value is -3.28. The lowest BCUT2D eigenvalue weighted by atomic mass is 10.3. The molecule has 0 bridgehead atoms. The van der Waals surface area contributed by atoms with Crippen LogP contribution in [0.2, 0.25) is 0 Å². The Morgan fingerprint density at radius 2 is 1.14 bits per heavy atom. The quantitative estimate of drug-likeness (QED) is 0.748. The molecule has 2 aromatic carbocycles. The highest BCUT2D eigenvalue weighted by Gasteiger charge is 2.19. The Morgan fingerprint density at radius 3 is 1.64 bits per heavy atom. The van der Waals surface area contributed by atoms with Crippen molar-refractivity contribution in [2.75, 3.05) is 0 Å². The monoisotopic (exact) mass is 296 g/mol. The Kier molecular flexibility index (Phi) is 3.27. The SMILES string of the molecule is O=c1c(O)c(O)n(-c2ccccc2)c(=O)n1-c1ccccc1. The van der Waals surface area contributed by atoms with E-state index in [2.05, 4.69) is 0 Å². The number of aromatic nitrogens is 2. The fraction of sp³-hybridized carbons (Fsp3) is 0. The molecule has 0 atom stereocenters. The number of benzene rings is 2. The van der Waals surface area contributed by atoms with Gasteiger partial charge in [0.15, 0.2) is 0 Å². The van der Waals surface area contributed by atoms with E-state index in [1.165, 1.54) is 0 Å². The van der Waals surface area contributed by atoms with Gasteiger partial charge in [-0.25, -0.2) is 13.9 Å². The van der Waals surface area contributed by atoms with Gasteiger partial charge in [0.1, 0.15) is 0 Å². The average molecular weight is 296 g/mol. The minimum absolute atomic E-state index is 0.303. The molecule has 6 nitrogen and oxygen atoms in total. The number of aromatic hydroxyl groups is 2. The molecule has 0 saturated carbocycles. The van der Waals surface area contributed by atoms with E-state index >= 15 is 0 Å². The summed E-state index contributed by atoms with van der Waals surface area (Å²) in [7, 11) is 0. The van der Waals surface area contributed by atoms with E-state index < -0.39 is 22.9 Å². The van der Waals surface area contributed by atoms with Gasteiger partial charge in [0.25, 0.3) is 0 Å². The Bertz CT molecular complexity index is 928. The molecule has 0 aliphatic rings. The van der Waals surface area contributed by atoms with Crippen molar-refractivity contribution in [3.8, 4) is 23.0 Å². The summed E-state index contributed by atoms with van der Waals surface area (Å²) in [6.45, 7) is 0. The molecule has 3 rings (SSSR count). The third-order valence-electron chi connectivity index (χ3n) is 3.24. The van der Waals surface area contributed by atoms with E-state index in [-0.39, 0.29) is 0 Å². The van der Waals surface area contributed by atoms with Crippen LogP contribution >= 0.6 is 0 Å². The van der Waals surface area contributed by atoms with Gasteiger partial charge in [0.05, 0.1) is 11.4 Å². The van der Waals surface area contributed by atoms with E-state index in [1.807, 2.05) is 0 Å². The van der Waals surface area contributed by atoms with Crippen molar-refractivity contribution in [3.63, 3.8) is 0 Å². The lowest BCUT2D eigenvalue weighted by molar-refractivity contribution is 0.364. The standard InChI is InChI=1S/C16H12N2O4/c19-13-14(20)17(11-7-3-1-4-8-11)16(22)18(15(13)21)12-9-5-2-6-10-12/h1-10,19-20H. The van der Waals surface area contributed by atoms with Gasteiger partial charge in [-0.3, -0.25) is 4.79 Å². The molecule has 0 amide bonds. The zero-order valence-corrected chi connectivity index (χ0v) is 11.4. The zero-order chi connectivity index (χ0) is 15.7. The largest absolute Gasteiger partial charge is 0.499 e. The van der Waals surface area contributed by atoms with Crippen LogP contribution in [0.15, 0.2) is 70.3 Å². The lowest BCUT2D eigenvalue weighted by Gasteiger charge is -2.13. The highest BCUT2D eigenvalue weighted by molar-refractivity contribution is 5.43. The minimum Gasteiger partial charge on any atom is -0.499 e. The van der Waals surface area contributed by atoms with Crippen LogP contribution in [-0.4, -0.2) is 19.3 Å². The molecule has 6 heteroatoms. The predicted molar refractivity (Wildman–Crippen MR) is 81.0 cm³/mol. The maximum atomic E-state index is 12.6. The van der Waals surface area contributed by atoms with Crippen molar-refractivity contribution in [2.24, 2.45) is 0 Å². The second-order valence-corrected chi connectivity index (χ2v) is 4.60. The van der Waals surface area contributed by atoms with Gasteiger partial charge in [0, 0.05) is 0 Å². The van der Waals surface area contributed by atoms with Crippen LogP contribution < -0.4 is 11.2 Å². The molecule has 0 unspecified atom stereocenters. The second-order valence-electron chi connectivity index (χ2n) is 4.60. The predicted octanol–water partition coefficient (Wildman–Crippen LogP) is 1.40. The molecule has 0 saturated heterocycles. The van der Waals surface area contributed by atoms with Crippen LogP contribution in [0.1, 0.15) is 0 Å². The Morgan fingerprint density at radius 1 is 0.682 bits per heavy atom. The third kappa shape index (κ3) is 2.07. The van der Waals surface area contributed by atoms with Crippen LogP contribution in [0.5, 0.6) is 11.6 Å². The number of hydrogen-bond donors (Lipinski definition) is 2. The molecule has 0 fully saturated rings. The van der Waals surface area contributed by atoms with Crippen LogP contribution in [0.4, 0.5) is 0 Å². The molecule has 1 heterocycles. The highest BCUT2D eigenvalue weighted by Crippen LogP contribution is 2.21. The molecule has 0 aliphatic heterocycles. The van der Waals surface area contributed by atoms with Gasteiger partial charge in [-0.2, -0.15) is 0 Å². The number of para-hydroxylation sites is 2. The number of nitrogens with zero attached hydrogens (tertiary/aromatic N) is 2. The molecule has 3 aromatic rings. The van der Waals surface area contributed by atoms with E-state index in [0.717, 1.165) is 9.13 Å². The smallest absolute Gasteiger partial charge is 0.343 e. The fourth-order valence-corrected chi connectivity index (χ4v) is 2.20. The molecule has 0 radical (unpaired) electrons. The Labute approximate surface area is 124 Å². The van der Waals surface area contributed by atoms with Gasteiger partial charge >= 0.3 is 11.2 Å². The van der Waals surface area contributed by atoms with Crippen molar-refractivity contribution >= 4 is 0 Å². The first kappa shape index (κ1) is 13.7. The van der Waals surface area contributed by atoms with Gasteiger partial charge in [-0.15, -0.1) is 0 Å². The topological polar surface area (TPSA) is 84.5 Å². The van der Waals surface area contributed by atoms with Crippen LogP contribution in [0.25, 0.3) is 11.4 Å². The van der Waals surface area contributed by atoms with Gasteiger partial charge in [-0.1, -0.05) is 36.4 Å². The maximum absolute atomic E-state index is 12.6. The van der Waals surface area contributed by atoms with Crippen molar-refractivity contribution in [1.29, 1.82) is 0 Å². The van der Waals surface area contributed by atoms with Gasteiger partial charge in [0.2, 0.25) is 11.6 Å². The van der Waals surface area contributed by atoms with Gasteiger partial charge < -0.3 is 10.2 Å². The summed E-state index contributed by atoms with van der Waals surface area (Å²) in [5.41, 5.74) is -1.10. The molecule has 1 aromatic heterocycles. The first-order valence-corrected chi connectivity index (χ1v) is 6.52. The normalized spacial score (nSPS) is 10.5. The minimum atomic E-state index is -0.971. The number of hydrogen-bond acceptors (Lipinski definition) is 4. The summed E-state index contributed by atoms with van der Waals surface area (Å²) >= 11 is 0. The van der Waals surface area contributed by atoms with Crippen molar-refractivity contribution < 1.29 is 10.2 Å². The van der Waals surface area contributed by atoms with Crippen molar-refractivity contribution in [2.45, 2.75) is 0 Å². The summed E-state index contributed by atoms with van der Waals surface area (Å²) in [6, 6.07) is 16.5. The Balaban J connectivity index is 2.42. The van der Waals surface area contributed by atoms with E-state index in [4.69, 9.17) is 0 Å².